The predicted molar refractivity (Wildman–Crippen MR) is 177 cm³/mol. The molecular formula is C38H74N2O2. The topological polar surface area (TPSA) is 60.0 Å². The Bertz CT molecular complexity index is 635. The Balaban J connectivity index is 0.000000220. The third-order valence-electron chi connectivity index (χ3n) is 13.8. The summed E-state index contributed by atoms with van der Waals surface area (Å²) in [5.41, 5.74) is 0. The Hall–Kier alpha value is -0.160. The lowest BCUT2D eigenvalue weighted by molar-refractivity contribution is -0.980. The molecule has 2 saturated heterocycles. The minimum atomic E-state index is 0. The number of quaternary nitrogens is 2. The Labute approximate surface area is 262 Å². The molecule has 6 aliphatic rings. The molecule has 2 aliphatic heterocycles. The van der Waals surface area contributed by atoms with Crippen molar-refractivity contribution in [2.24, 2.45) is 23.7 Å². The van der Waals surface area contributed by atoms with E-state index in [1.807, 2.05) is 0 Å². The molecule has 2 heterocycles. The lowest BCUT2D eigenvalue weighted by Crippen LogP contribution is -2.65. The van der Waals surface area contributed by atoms with Crippen LogP contribution in [0.2, 0.25) is 0 Å². The molecular weight excluding hydrogens is 516 g/mol. The van der Waals surface area contributed by atoms with E-state index in [-0.39, 0.29) is 11.0 Å². The Kier molecular flexibility index (Phi) is 14.7. The molecule has 8 unspecified atom stereocenters. The smallest absolute Gasteiger partial charge is 0.0894 e. The van der Waals surface area contributed by atoms with Gasteiger partial charge < -0.3 is 19.9 Å². The van der Waals surface area contributed by atoms with Gasteiger partial charge in [0.25, 0.3) is 0 Å². The monoisotopic (exact) mass is 591 g/mol. The highest BCUT2D eigenvalue weighted by molar-refractivity contribution is 4.81. The average molecular weight is 591 g/mol. The van der Waals surface area contributed by atoms with E-state index in [4.69, 9.17) is 0 Å². The third-order valence-corrected chi connectivity index (χ3v) is 13.8. The number of hydrogen-bond donors (Lipinski definition) is 0. The minimum Gasteiger partial charge on any atom is -0.870 e. The van der Waals surface area contributed by atoms with E-state index < -0.39 is 0 Å². The van der Waals surface area contributed by atoms with Crippen LogP contribution < -0.4 is 0 Å². The van der Waals surface area contributed by atoms with Crippen molar-refractivity contribution in [3.05, 3.63) is 0 Å². The van der Waals surface area contributed by atoms with Crippen molar-refractivity contribution in [2.75, 3.05) is 26.2 Å². The molecule has 8 atom stereocenters. The van der Waals surface area contributed by atoms with Gasteiger partial charge in [0, 0.05) is 25.7 Å². The van der Waals surface area contributed by atoms with E-state index in [0.29, 0.717) is 0 Å². The summed E-state index contributed by atoms with van der Waals surface area (Å²) in [5.74, 6) is 3.97. The number of piperidine rings is 2. The van der Waals surface area contributed by atoms with Crippen LogP contribution in [-0.2, 0) is 0 Å². The standard InChI is InChI=1S/2C19H36N.2H2O/c2*1-16-8-6-10-18(14-16)20(12-4-3-5-13-20)19-11-7-9-17(2)15-19;;/h2*16-19H,3-15H2,1-2H3;2*1H2/q2*+1;;/p-2. The molecule has 4 aliphatic carbocycles. The fraction of sp³-hybridized carbons (Fsp3) is 1.00. The maximum atomic E-state index is 2.51. The summed E-state index contributed by atoms with van der Waals surface area (Å²) in [6.45, 7) is 16.1. The molecule has 0 radical (unpaired) electrons. The first kappa shape index (κ1) is 36.3. The molecule has 0 spiro atoms. The Morgan fingerprint density at radius 2 is 0.548 bits per heavy atom. The van der Waals surface area contributed by atoms with Gasteiger partial charge in [0.1, 0.15) is 0 Å². The highest BCUT2D eigenvalue weighted by Gasteiger charge is 2.48. The summed E-state index contributed by atoms with van der Waals surface area (Å²) < 4.78 is 3.13. The lowest BCUT2D eigenvalue weighted by atomic mass is 9.78. The molecule has 0 aromatic heterocycles. The van der Waals surface area contributed by atoms with Crippen molar-refractivity contribution in [3.63, 3.8) is 0 Å². The van der Waals surface area contributed by atoms with Crippen LogP contribution in [0.4, 0.5) is 0 Å². The first-order valence-electron chi connectivity index (χ1n) is 19.1. The zero-order valence-corrected chi connectivity index (χ0v) is 28.8. The van der Waals surface area contributed by atoms with Crippen LogP contribution in [0.1, 0.15) is 169 Å². The largest absolute Gasteiger partial charge is 0.870 e. The molecule has 6 rings (SSSR count). The highest BCUT2D eigenvalue weighted by Crippen LogP contribution is 2.43. The van der Waals surface area contributed by atoms with Gasteiger partial charge in [0.15, 0.2) is 0 Å². The maximum Gasteiger partial charge on any atom is 0.0894 e. The van der Waals surface area contributed by atoms with E-state index in [0.717, 1.165) is 47.8 Å². The van der Waals surface area contributed by atoms with Crippen molar-refractivity contribution in [1.82, 2.24) is 0 Å². The molecule has 0 aromatic rings. The van der Waals surface area contributed by atoms with Gasteiger partial charge in [-0.3, -0.25) is 0 Å². The number of rotatable bonds is 4. The summed E-state index contributed by atoms with van der Waals surface area (Å²) in [6, 6.07) is 4.09. The van der Waals surface area contributed by atoms with Crippen molar-refractivity contribution < 1.29 is 19.9 Å². The van der Waals surface area contributed by atoms with E-state index in [9.17, 15) is 0 Å². The maximum absolute atomic E-state index is 2.51. The van der Waals surface area contributed by atoms with E-state index >= 15 is 0 Å². The van der Waals surface area contributed by atoms with Gasteiger partial charge in [-0.2, -0.15) is 0 Å². The van der Waals surface area contributed by atoms with Crippen LogP contribution in [0.3, 0.4) is 0 Å². The minimum absolute atomic E-state index is 0. The van der Waals surface area contributed by atoms with E-state index in [1.165, 1.54) is 167 Å². The van der Waals surface area contributed by atoms with Crippen LogP contribution in [0.5, 0.6) is 0 Å². The van der Waals surface area contributed by atoms with Crippen molar-refractivity contribution in [2.45, 2.75) is 193 Å². The molecule has 0 aromatic carbocycles. The summed E-state index contributed by atoms with van der Waals surface area (Å²) in [5, 5.41) is 0. The van der Waals surface area contributed by atoms with Crippen molar-refractivity contribution in [3.8, 4) is 0 Å². The fourth-order valence-corrected chi connectivity index (χ4v) is 11.7. The quantitative estimate of drug-likeness (QED) is 0.306. The lowest BCUT2D eigenvalue weighted by Gasteiger charge is -2.55. The summed E-state index contributed by atoms with van der Waals surface area (Å²) in [7, 11) is 0. The molecule has 42 heavy (non-hydrogen) atoms. The van der Waals surface area contributed by atoms with Gasteiger partial charge >= 0.3 is 0 Å². The van der Waals surface area contributed by atoms with E-state index in [1.54, 1.807) is 8.97 Å². The fourth-order valence-electron chi connectivity index (χ4n) is 11.7. The molecule has 0 amide bonds. The first-order valence-corrected chi connectivity index (χ1v) is 19.1. The van der Waals surface area contributed by atoms with Crippen LogP contribution >= 0.6 is 0 Å². The predicted octanol–water partition coefficient (Wildman–Crippen LogP) is 9.94. The number of nitrogens with zero attached hydrogens (tertiary/aromatic N) is 2. The molecule has 4 saturated carbocycles. The molecule has 4 nitrogen and oxygen atoms in total. The highest BCUT2D eigenvalue weighted by atomic mass is 16.0. The van der Waals surface area contributed by atoms with Gasteiger partial charge in [0.05, 0.1) is 50.3 Å². The number of likely N-dealkylation sites (tertiary alicyclic amines) is 2. The second-order valence-electron chi connectivity index (χ2n) is 16.9. The van der Waals surface area contributed by atoms with Crippen LogP contribution in [0, 0.1) is 23.7 Å². The number of hydrogen-bond acceptors (Lipinski definition) is 2. The second kappa shape index (κ2) is 17.0. The van der Waals surface area contributed by atoms with Gasteiger partial charge in [-0.15, -0.1) is 0 Å². The van der Waals surface area contributed by atoms with Crippen LogP contribution in [0.15, 0.2) is 0 Å². The van der Waals surface area contributed by atoms with Gasteiger partial charge in [-0.25, -0.2) is 0 Å². The Morgan fingerprint density at radius 1 is 0.310 bits per heavy atom. The average Bonchev–Trinajstić information content (AvgIpc) is 2.98. The van der Waals surface area contributed by atoms with Gasteiger partial charge in [-0.1, -0.05) is 53.4 Å². The zero-order valence-electron chi connectivity index (χ0n) is 28.8. The summed E-state index contributed by atoms with van der Waals surface area (Å²) >= 11 is 0. The molecule has 2 N–H and O–H groups in total. The summed E-state index contributed by atoms with van der Waals surface area (Å²) in [6.07, 6.45) is 33.3. The Morgan fingerprint density at radius 3 is 0.762 bits per heavy atom. The third kappa shape index (κ3) is 8.55. The second-order valence-corrected chi connectivity index (χ2v) is 16.9. The van der Waals surface area contributed by atoms with Crippen molar-refractivity contribution >= 4 is 0 Å². The SMILES string of the molecule is CC1CCCC([N+]2(C3CCCC(C)C3)CCCCC2)C1.CC1CCCC([N+]2(C3CCCC(C)C3)CCCCC2)C1.[OH-].[OH-]. The van der Waals surface area contributed by atoms with Crippen molar-refractivity contribution in [1.29, 1.82) is 0 Å². The molecule has 6 fully saturated rings. The van der Waals surface area contributed by atoms with Crippen LogP contribution in [0.25, 0.3) is 0 Å². The molecule has 248 valence electrons. The molecule has 4 heteroatoms. The molecule has 0 bridgehead atoms. The van der Waals surface area contributed by atoms with Gasteiger partial charge in [0.2, 0.25) is 0 Å². The van der Waals surface area contributed by atoms with Gasteiger partial charge in [-0.05, 0) is 114 Å². The summed E-state index contributed by atoms with van der Waals surface area (Å²) in [4.78, 5) is 0. The first-order chi connectivity index (χ1) is 19.4. The van der Waals surface area contributed by atoms with E-state index in [2.05, 4.69) is 27.7 Å². The zero-order chi connectivity index (χ0) is 28.0. The normalized spacial score (nSPS) is 40.3. The van der Waals surface area contributed by atoms with Crippen LogP contribution in [-0.4, -0.2) is 70.3 Å².